The smallest absolute Gasteiger partial charge is 0.255 e. The zero-order valence-corrected chi connectivity index (χ0v) is 17.3. The van der Waals surface area contributed by atoms with E-state index in [2.05, 4.69) is 5.32 Å². The molecule has 1 saturated heterocycles. The number of anilines is 2. The molecule has 30 heavy (non-hydrogen) atoms. The van der Waals surface area contributed by atoms with Crippen LogP contribution < -0.4 is 15.0 Å². The van der Waals surface area contributed by atoms with Crippen molar-refractivity contribution >= 4 is 23.2 Å². The van der Waals surface area contributed by atoms with E-state index in [0.29, 0.717) is 11.4 Å². The molecule has 0 saturated carbocycles. The van der Waals surface area contributed by atoms with Gasteiger partial charge >= 0.3 is 0 Å². The first kappa shape index (κ1) is 19.7. The molecule has 2 amide bonds. The van der Waals surface area contributed by atoms with E-state index in [1.165, 1.54) is 0 Å². The Balaban J connectivity index is 1.81. The van der Waals surface area contributed by atoms with Gasteiger partial charge in [0.05, 0.1) is 13.5 Å². The molecule has 1 aliphatic rings. The summed E-state index contributed by atoms with van der Waals surface area (Å²) in [7, 11) is 1.60. The van der Waals surface area contributed by atoms with Crippen LogP contribution in [0.5, 0.6) is 5.75 Å². The van der Waals surface area contributed by atoms with Gasteiger partial charge < -0.3 is 10.1 Å². The topological polar surface area (TPSA) is 58.6 Å². The Morgan fingerprint density at radius 2 is 1.57 bits per heavy atom. The lowest BCUT2D eigenvalue weighted by molar-refractivity contribution is -0.137. The molecule has 0 aliphatic carbocycles. The van der Waals surface area contributed by atoms with Gasteiger partial charge in [-0.1, -0.05) is 48.5 Å². The number of benzene rings is 3. The van der Waals surface area contributed by atoms with Gasteiger partial charge in [-0.25, -0.2) is 0 Å². The molecule has 1 unspecified atom stereocenters. The fourth-order valence-corrected chi connectivity index (χ4v) is 4.08. The summed E-state index contributed by atoms with van der Waals surface area (Å²) >= 11 is 0. The molecule has 0 aromatic heterocycles. The molecular formula is C25H24N2O3. The fourth-order valence-electron chi connectivity index (χ4n) is 4.08. The van der Waals surface area contributed by atoms with Crippen LogP contribution in [0.1, 0.15) is 23.1 Å². The number of ether oxygens (including phenoxy) is 1. The van der Waals surface area contributed by atoms with Gasteiger partial charge in [-0.2, -0.15) is 0 Å². The fraction of sp³-hybridized carbons (Fsp3) is 0.200. The van der Waals surface area contributed by atoms with E-state index in [-0.39, 0.29) is 18.2 Å². The number of methoxy groups -OCH3 is 1. The normalized spacial score (nSPS) is 18.0. The second-order valence-electron chi connectivity index (χ2n) is 7.55. The molecule has 3 aromatic rings. The van der Waals surface area contributed by atoms with Gasteiger partial charge in [0.15, 0.2) is 5.54 Å². The molecule has 1 N–H and O–H groups in total. The number of carbonyl (C=O) groups excluding carboxylic acids is 2. The maximum Gasteiger partial charge on any atom is 0.255 e. The number of β-lactam (4-membered cyclic amide) rings is 1. The molecule has 1 aliphatic heterocycles. The van der Waals surface area contributed by atoms with E-state index in [9.17, 15) is 9.59 Å². The molecule has 0 bridgehead atoms. The maximum absolute atomic E-state index is 13.8. The number of nitrogens with zero attached hydrogens (tertiary/aromatic N) is 1. The maximum atomic E-state index is 13.8. The number of aryl methyl sites for hydroxylation is 2. The van der Waals surface area contributed by atoms with Crippen molar-refractivity contribution in [2.75, 3.05) is 17.3 Å². The van der Waals surface area contributed by atoms with Crippen molar-refractivity contribution in [3.8, 4) is 5.75 Å². The number of nitrogens with one attached hydrogen (secondary N) is 1. The number of hydrogen-bond donors (Lipinski definition) is 1. The Morgan fingerprint density at radius 1 is 0.933 bits per heavy atom. The van der Waals surface area contributed by atoms with Crippen molar-refractivity contribution in [3.05, 3.63) is 89.5 Å². The lowest BCUT2D eigenvalue weighted by atomic mass is 9.76. The van der Waals surface area contributed by atoms with Crippen LogP contribution in [0.3, 0.4) is 0 Å². The van der Waals surface area contributed by atoms with Gasteiger partial charge in [0, 0.05) is 11.4 Å². The van der Waals surface area contributed by atoms with Crippen molar-refractivity contribution in [1.29, 1.82) is 0 Å². The van der Waals surface area contributed by atoms with Gasteiger partial charge in [-0.05, 0) is 54.8 Å². The minimum atomic E-state index is -1.13. The quantitative estimate of drug-likeness (QED) is 0.638. The molecule has 0 radical (unpaired) electrons. The molecule has 152 valence electrons. The standard InChI is InChI=1S/C25H24N2O3/c1-17-8-7-9-18(2)23(17)26-24(29)25(19-12-14-21(30-3)15-13-19)16-22(28)27(25)20-10-5-4-6-11-20/h4-15H,16H2,1-3H3,(H,26,29). The van der Waals surface area contributed by atoms with Crippen LogP contribution in [0, 0.1) is 13.8 Å². The number of hydrogen-bond acceptors (Lipinski definition) is 3. The lowest BCUT2D eigenvalue weighted by Crippen LogP contribution is -2.67. The highest BCUT2D eigenvalue weighted by Crippen LogP contribution is 2.46. The van der Waals surface area contributed by atoms with Crippen molar-refractivity contribution in [3.63, 3.8) is 0 Å². The third-order valence-corrected chi connectivity index (χ3v) is 5.72. The Bertz CT molecular complexity index is 1070. The first-order valence-corrected chi connectivity index (χ1v) is 9.87. The van der Waals surface area contributed by atoms with Gasteiger partial charge in [0.1, 0.15) is 5.75 Å². The largest absolute Gasteiger partial charge is 0.497 e. The summed E-state index contributed by atoms with van der Waals surface area (Å²) in [5, 5.41) is 3.10. The summed E-state index contributed by atoms with van der Waals surface area (Å²) in [5.74, 6) is 0.378. The molecular weight excluding hydrogens is 376 g/mol. The van der Waals surface area contributed by atoms with E-state index in [1.807, 2.05) is 86.6 Å². The van der Waals surface area contributed by atoms with E-state index in [0.717, 1.165) is 22.4 Å². The molecule has 1 atom stereocenters. The molecule has 3 aromatic carbocycles. The Morgan fingerprint density at radius 3 is 2.13 bits per heavy atom. The van der Waals surface area contributed by atoms with E-state index in [1.54, 1.807) is 12.0 Å². The Labute approximate surface area is 176 Å². The minimum Gasteiger partial charge on any atom is -0.497 e. The van der Waals surface area contributed by atoms with Gasteiger partial charge in [0.25, 0.3) is 5.91 Å². The Hall–Kier alpha value is -3.60. The van der Waals surface area contributed by atoms with Crippen molar-refractivity contribution in [1.82, 2.24) is 0 Å². The highest BCUT2D eigenvalue weighted by molar-refractivity contribution is 6.17. The monoisotopic (exact) mass is 400 g/mol. The van der Waals surface area contributed by atoms with Crippen molar-refractivity contribution in [2.45, 2.75) is 25.8 Å². The van der Waals surface area contributed by atoms with Crippen LogP contribution in [0.25, 0.3) is 0 Å². The van der Waals surface area contributed by atoms with Crippen LogP contribution in [0.15, 0.2) is 72.8 Å². The average Bonchev–Trinajstić information content (AvgIpc) is 2.75. The second-order valence-corrected chi connectivity index (χ2v) is 7.55. The summed E-state index contributed by atoms with van der Waals surface area (Å²) < 4.78 is 5.27. The second kappa shape index (κ2) is 7.67. The predicted molar refractivity (Wildman–Crippen MR) is 118 cm³/mol. The van der Waals surface area contributed by atoms with Crippen LogP contribution in [0.2, 0.25) is 0 Å². The van der Waals surface area contributed by atoms with Gasteiger partial charge in [0.2, 0.25) is 5.91 Å². The summed E-state index contributed by atoms with van der Waals surface area (Å²) in [4.78, 5) is 28.1. The van der Waals surface area contributed by atoms with Crippen molar-refractivity contribution in [2.24, 2.45) is 0 Å². The Kier molecular flexibility index (Phi) is 5.04. The molecule has 0 spiro atoms. The predicted octanol–water partition coefficient (Wildman–Crippen LogP) is 4.58. The number of rotatable bonds is 5. The number of para-hydroxylation sites is 2. The molecule has 5 heteroatoms. The molecule has 4 rings (SSSR count). The van der Waals surface area contributed by atoms with Crippen LogP contribution in [-0.2, 0) is 15.1 Å². The van der Waals surface area contributed by atoms with Crippen molar-refractivity contribution < 1.29 is 14.3 Å². The van der Waals surface area contributed by atoms with Gasteiger partial charge in [-0.3, -0.25) is 14.5 Å². The summed E-state index contributed by atoms with van der Waals surface area (Å²) in [6.45, 7) is 3.92. The molecule has 1 fully saturated rings. The number of amides is 2. The third-order valence-electron chi connectivity index (χ3n) is 5.72. The minimum absolute atomic E-state index is 0.0892. The van der Waals surface area contributed by atoms with E-state index >= 15 is 0 Å². The third kappa shape index (κ3) is 3.12. The van der Waals surface area contributed by atoms with E-state index in [4.69, 9.17) is 4.74 Å². The number of carbonyl (C=O) groups is 2. The molecule has 5 nitrogen and oxygen atoms in total. The first-order chi connectivity index (χ1) is 14.5. The zero-order chi connectivity index (χ0) is 21.3. The summed E-state index contributed by atoms with van der Waals surface area (Å²) in [6, 6.07) is 22.5. The highest BCUT2D eigenvalue weighted by atomic mass is 16.5. The zero-order valence-electron chi connectivity index (χ0n) is 17.3. The van der Waals surface area contributed by atoms with Gasteiger partial charge in [-0.15, -0.1) is 0 Å². The average molecular weight is 400 g/mol. The first-order valence-electron chi connectivity index (χ1n) is 9.87. The summed E-state index contributed by atoms with van der Waals surface area (Å²) in [6.07, 6.45) is 0.102. The van der Waals surface area contributed by atoms with E-state index < -0.39 is 5.54 Å². The van der Waals surface area contributed by atoms with Crippen LogP contribution in [0.4, 0.5) is 11.4 Å². The molecule has 1 heterocycles. The SMILES string of the molecule is COc1ccc(C2(C(=O)Nc3c(C)cccc3C)CC(=O)N2c2ccccc2)cc1. The van der Waals surface area contributed by atoms with Crippen LogP contribution >= 0.6 is 0 Å². The summed E-state index contributed by atoms with van der Waals surface area (Å²) in [5.41, 5.74) is 3.05. The highest BCUT2D eigenvalue weighted by Gasteiger charge is 2.58. The van der Waals surface area contributed by atoms with Crippen LogP contribution in [-0.4, -0.2) is 18.9 Å². The lowest BCUT2D eigenvalue weighted by Gasteiger charge is -2.50.